The lowest BCUT2D eigenvalue weighted by molar-refractivity contribution is 0.0936. The van der Waals surface area contributed by atoms with Crippen LogP contribution in [0.4, 0.5) is 0 Å². The number of aryl methyl sites for hydroxylation is 1. The number of rotatable bonds is 6. The third-order valence-electron chi connectivity index (χ3n) is 3.02. The van der Waals surface area contributed by atoms with Gasteiger partial charge < -0.3 is 15.8 Å². The van der Waals surface area contributed by atoms with Crippen molar-refractivity contribution in [3.8, 4) is 5.75 Å². The zero-order valence-corrected chi connectivity index (χ0v) is 13.3. The Balaban J connectivity index is 1.84. The van der Waals surface area contributed by atoms with Crippen molar-refractivity contribution in [1.82, 2.24) is 5.32 Å². The van der Waals surface area contributed by atoms with Gasteiger partial charge in [0.1, 0.15) is 11.9 Å². The molecule has 116 valence electrons. The van der Waals surface area contributed by atoms with Crippen LogP contribution >= 0.6 is 11.3 Å². The molecule has 3 N–H and O–H groups in total. The van der Waals surface area contributed by atoms with Crippen LogP contribution in [0.1, 0.15) is 32.5 Å². The first-order valence-electron chi connectivity index (χ1n) is 6.85. The average Bonchev–Trinajstić information content (AvgIpc) is 2.97. The number of hydrogen-bond acceptors (Lipinski definition) is 4. The van der Waals surface area contributed by atoms with E-state index >= 15 is 0 Å². The first-order valence-corrected chi connectivity index (χ1v) is 7.73. The monoisotopic (exact) mass is 318 g/mol. The predicted molar refractivity (Wildman–Crippen MR) is 86.4 cm³/mol. The van der Waals surface area contributed by atoms with Crippen LogP contribution in [0.5, 0.6) is 5.75 Å². The van der Waals surface area contributed by atoms with Crippen LogP contribution in [0.15, 0.2) is 35.7 Å². The molecular formula is C16H18N2O3S. The SMILES string of the molecule is Cc1ccc(OC(C)CNC(=O)c2cc(C(N)=O)cs2)cc1. The lowest BCUT2D eigenvalue weighted by atomic mass is 10.2. The zero-order valence-electron chi connectivity index (χ0n) is 12.5. The molecule has 1 unspecified atom stereocenters. The highest BCUT2D eigenvalue weighted by atomic mass is 32.1. The summed E-state index contributed by atoms with van der Waals surface area (Å²) in [5.74, 6) is -0.0114. The molecule has 0 saturated carbocycles. The molecule has 1 heterocycles. The number of nitrogens with two attached hydrogens (primary N) is 1. The molecule has 1 aromatic heterocycles. The number of hydrogen-bond donors (Lipinski definition) is 2. The molecule has 2 aromatic rings. The van der Waals surface area contributed by atoms with Crippen LogP contribution in [0.2, 0.25) is 0 Å². The molecule has 0 aliphatic carbocycles. The molecule has 0 bridgehead atoms. The molecule has 0 radical (unpaired) electrons. The van der Waals surface area contributed by atoms with Gasteiger partial charge in [0.2, 0.25) is 5.91 Å². The van der Waals surface area contributed by atoms with Crippen molar-refractivity contribution < 1.29 is 14.3 Å². The van der Waals surface area contributed by atoms with Crippen molar-refractivity contribution in [2.75, 3.05) is 6.54 Å². The van der Waals surface area contributed by atoms with Gasteiger partial charge in [-0.05, 0) is 32.0 Å². The van der Waals surface area contributed by atoms with E-state index in [0.29, 0.717) is 17.0 Å². The Morgan fingerprint density at radius 3 is 2.59 bits per heavy atom. The highest BCUT2D eigenvalue weighted by molar-refractivity contribution is 7.12. The van der Waals surface area contributed by atoms with Crippen molar-refractivity contribution in [3.05, 3.63) is 51.7 Å². The number of benzene rings is 1. The highest BCUT2D eigenvalue weighted by Gasteiger charge is 2.13. The Labute approximate surface area is 133 Å². The zero-order chi connectivity index (χ0) is 16.1. The Bertz CT molecular complexity index is 664. The van der Waals surface area contributed by atoms with Gasteiger partial charge in [0.25, 0.3) is 5.91 Å². The molecule has 2 amide bonds. The maximum atomic E-state index is 12.0. The summed E-state index contributed by atoms with van der Waals surface area (Å²) in [5.41, 5.74) is 6.67. The summed E-state index contributed by atoms with van der Waals surface area (Å²) in [7, 11) is 0. The van der Waals surface area contributed by atoms with Crippen molar-refractivity contribution >= 4 is 23.2 Å². The van der Waals surface area contributed by atoms with Gasteiger partial charge in [-0.25, -0.2) is 0 Å². The molecule has 22 heavy (non-hydrogen) atoms. The van der Waals surface area contributed by atoms with Gasteiger partial charge in [-0.1, -0.05) is 17.7 Å². The first kappa shape index (κ1) is 16.0. The first-order chi connectivity index (χ1) is 10.5. The fourth-order valence-corrected chi connectivity index (χ4v) is 2.61. The van der Waals surface area contributed by atoms with Crippen LogP contribution < -0.4 is 15.8 Å². The standard InChI is InChI=1S/C16H18N2O3S/c1-10-3-5-13(6-4-10)21-11(2)8-18-16(20)14-7-12(9-22-14)15(17)19/h3-7,9,11H,8H2,1-2H3,(H2,17,19)(H,18,20). The second kappa shape index (κ2) is 7.09. The molecule has 0 spiro atoms. The molecule has 5 nitrogen and oxygen atoms in total. The molecule has 0 saturated heterocycles. The summed E-state index contributed by atoms with van der Waals surface area (Å²) in [5, 5.41) is 4.35. The third-order valence-corrected chi connectivity index (χ3v) is 3.95. The van der Waals surface area contributed by atoms with Crippen molar-refractivity contribution in [3.63, 3.8) is 0 Å². The molecule has 0 aliphatic rings. The lowest BCUT2D eigenvalue weighted by Gasteiger charge is -2.15. The van der Waals surface area contributed by atoms with Crippen molar-refractivity contribution in [2.24, 2.45) is 5.73 Å². The summed E-state index contributed by atoms with van der Waals surface area (Å²) in [6.45, 7) is 4.26. The van der Waals surface area contributed by atoms with E-state index in [0.717, 1.165) is 11.3 Å². The van der Waals surface area contributed by atoms with Gasteiger partial charge in [0.05, 0.1) is 17.0 Å². The number of ether oxygens (including phenoxy) is 1. The topological polar surface area (TPSA) is 81.4 Å². The number of amides is 2. The molecule has 1 atom stereocenters. The van der Waals surface area contributed by atoms with E-state index in [1.807, 2.05) is 38.1 Å². The van der Waals surface area contributed by atoms with Crippen molar-refractivity contribution in [2.45, 2.75) is 20.0 Å². The molecular weight excluding hydrogens is 300 g/mol. The third kappa shape index (κ3) is 4.33. The van der Waals surface area contributed by atoms with Gasteiger partial charge in [-0.15, -0.1) is 11.3 Å². The van der Waals surface area contributed by atoms with Crippen molar-refractivity contribution in [1.29, 1.82) is 0 Å². The van der Waals surface area contributed by atoms with Gasteiger partial charge in [0, 0.05) is 5.38 Å². The number of primary amides is 1. The van der Waals surface area contributed by atoms with Crippen LogP contribution in [-0.2, 0) is 0 Å². The minimum absolute atomic E-state index is 0.165. The minimum atomic E-state index is -0.536. The fourth-order valence-electron chi connectivity index (χ4n) is 1.80. The number of thiophene rings is 1. The van der Waals surface area contributed by atoms with Gasteiger partial charge in [-0.2, -0.15) is 0 Å². The van der Waals surface area contributed by atoms with E-state index < -0.39 is 5.91 Å². The summed E-state index contributed by atoms with van der Waals surface area (Å²) in [6, 6.07) is 9.22. The summed E-state index contributed by atoms with van der Waals surface area (Å²) >= 11 is 1.19. The molecule has 1 aromatic carbocycles. The summed E-state index contributed by atoms with van der Waals surface area (Å²) in [4.78, 5) is 23.4. The Kier molecular flexibility index (Phi) is 5.16. The molecule has 2 rings (SSSR count). The summed E-state index contributed by atoms with van der Waals surface area (Å²) in [6.07, 6.45) is -0.165. The Morgan fingerprint density at radius 1 is 1.32 bits per heavy atom. The molecule has 0 fully saturated rings. The summed E-state index contributed by atoms with van der Waals surface area (Å²) < 4.78 is 5.71. The quantitative estimate of drug-likeness (QED) is 0.858. The number of nitrogens with one attached hydrogen (secondary N) is 1. The number of carbonyl (C=O) groups is 2. The van der Waals surface area contributed by atoms with Gasteiger partial charge in [0.15, 0.2) is 0 Å². The van der Waals surface area contributed by atoms with E-state index in [-0.39, 0.29) is 12.0 Å². The predicted octanol–water partition coefficient (Wildman–Crippen LogP) is 2.35. The van der Waals surface area contributed by atoms with Crippen LogP contribution in [-0.4, -0.2) is 24.5 Å². The van der Waals surface area contributed by atoms with E-state index in [4.69, 9.17) is 10.5 Å². The van der Waals surface area contributed by atoms with Crippen LogP contribution in [0, 0.1) is 6.92 Å². The van der Waals surface area contributed by atoms with Gasteiger partial charge in [-0.3, -0.25) is 9.59 Å². The second-order valence-electron chi connectivity index (χ2n) is 5.02. The highest BCUT2D eigenvalue weighted by Crippen LogP contribution is 2.15. The van der Waals surface area contributed by atoms with E-state index in [2.05, 4.69) is 5.32 Å². The fraction of sp³-hybridized carbons (Fsp3) is 0.250. The smallest absolute Gasteiger partial charge is 0.261 e. The maximum Gasteiger partial charge on any atom is 0.261 e. The Hall–Kier alpha value is -2.34. The molecule has 6 heteroatoms. The Morgan fingerprint density at radius 2 is 2.00 bits per heavy atom. The number of carbonyl (C=O) groups excluding carboxylic acids is 2. The van der Waals surface area contributed by atoms with Crippen LogP contribution in [0.3, 0.4) is 0 Å². The average molecular weight is 318 g/mol. The van der Waals surface area contributed by atoms with E-state index in [1.54, 1.807) is 5.38 Å². The second-order valence-corrected chi connectivity index (χ2v) is 5.93. The van der Waals surface area contributed by atoms with E-state index in [1.165, 1.54) is 17.4 Å². The minimum Gasteiger partial charge on any atom is -0.489 e. The lowest BCUT2D eigenvalue weighted by Crippen LogP contribution is -2.33. The maximum absolute atomic E-state index is 12.0. The largest absolute Gasteiger partial charge is 0.489 e. The normalized spacial score (nSPS) is 11.7. The molecule has 0 aliphatic heterocycles. The van der Waals surface area contributed by atoms with Gasteiger partial charge >= 0.3 is 0 Å². The van der Waals surface area contributed by atoms with Crippen LogP contribution in [0.25, 0.3) is 0 Å². The van der Waals surface area contributed by atoms with E-state index in [9.17, 15) is 9.59 Å².